The van der Waals surface area contributed by atoms with Gasteiger partial charge in [0.25, 0.3) is 0 Å². The van der Waals surface area contributed by atoms with Crippen molar-refractivity contribution in [2.75, 3.05) is 6.54 Å². The van der Waals surface area contributed by atoms with E-state index in [2.05, 4.69) is 61.2 Å². The van der Waals surface area contributed by atoms with E-state index >= 15 is 0 Å². The van der Waals surface area contributed by atoms with Crippen molar-refractivity contribution in [1.29, 1.82) is 0 Å². The topological polar surface area (TPSA) is 3.24 Å². The van der Waals surface area contributed by atoms with Gasteiger partial charge in [-0.3, -0.25) is 4.90 Å². The molecular formula is C14H19N. The molecule has 0 N–H and O–H groups in total. The third-order valence-corrected chi connectivity index (χ3v) is 3.27. The minimum absolute atomic E-state index is 0.520. The van der Waals surface area contributed by atoms with Crippen LogP contribution in [0.25, 0.3) is 0 Å². The third-order valence-electron chi connectivity index (χ3n) is 3.27. The first-order valence-corrected chi connectivity index (χ1v) is 5.76. The summed E-state index contributed by atoms with van der Waals surface area (Å²) in [5.74, 6) is 0. The molecule has 80 valence electrons. The zero-order valence-electron chi connectivity index (χ0n) is 9.56. The molecule has 1 aliphatic rings. The Kier molecular flexibility index (Phi) is 3.22. The molecule has 0 saturated carbocycles. The molecule has 0 unspecified atom stereocenters. The van der Waals surface area contributed by atoms with Crippen molar-refractivity contribution in [3.63, 3.8) is 0 Å². The van der Waals surface area contributed by atoms with Crippen LogP contribution >= 0.6 is 0 Å². The number of hydrogen-bond donors (Lipinski definition) is 0. The average molecular weight is 201 g/mol. The molecule has 0 saturated heterocycles. The number of benzene rings is 1. The van der Waals surface area contributed by atoms with Crippen molar-refractivity contribution in [2.45, 2.75) is 32.4 Å². The van der Waals surface area contributed by atoms with Crippen LogP contribution in [-0.4, -0.2) is 17.5 Å². The highest BCUT2D eigenvalue weighted by Gasteiger charge is 2.20. The van der Waals surface area contributed by atoms with Gasteiger partial charge in [-0.2, -0.15) is 0 Å². The van der Waals surface area contributed by atoms with Gasteiger partial charge in [-0.25, -0.2) is 0 Å². The quantitative estimate of drug-likeness (QED) is 0.663. The lowest BCUT2D eigenvalue weighted by Crippen LogP contribution is -2.36. The van der Waals surface area contributed by atoms with Crippen LogP contribution in [0, 0.1) is 0 Å². The molecule has 1 heterocycles. The van der Waals surface area contributed by atoms with Crippen LogP contribution in [0.15, 0.2) is 42.5 Å². The SMILES string of the molecule is C[C@H](c1ccccc1)N1CCC=C[C@@H]1C. The van der Waals surface area contributed by atoms with Gasteiger partial charge < -0.3 is 0 Å². The second-order valence-corrected chi connectivity index (χ2v) is 4.28. The zero-order chi connectivity index (χ0) is 10.7. The summed E-state index contributed by atoms with van der Waals surface area (Å²) >= 11 is 0. The molecule has 0 aromatic heterocycles. The van der Waals surface area contributed by atoms with E-state index in [1.807, 2.05) is 0 Å². The molecule has 1 nitrogen and oxygen atoms in total. The van der Waals surface area contributed by atoms with Crippen molar-refractivity contribution >= 4 is 0 Å². The summed E-state index contributed by atoms with van der Waals surface area (Å²) in [5.41, 5.74) is 1.42. The number of nitrogens with zero attached hydrogens (tertiary/aromatic N) is 1. The summed E-state index contributed by atoms with van der Waals surface area (Å²) in [7, 11) is 0. The van der Waals surface area contributed by atoms with Gasteiger partial charge in [-0.15, -0.1) is 0 Å². The van der Waals surface area contributed by atoms with E-state index in [0.29, 0.717) is 12.1 Å². The molecule has 0 spiro atoms. The molecule has 0 aliphatic carbocycles. The Bertz CT molecular complexity index is 328. The Morgan fingerprint density at radius 1 is 1.27 bits per heavy atom. The first-order valence-electron chi connectivity index (χ1n) is 5.76. The number of hydrogen-bond acceptors (Lipinski definition) is 1. The van der Waals surface area contributed by atoms with Crippen molar-refractivity contribution in [2.24, 2.45) is 0 Å². The van der Waals surface area contributed by atoms with Crippen molar-refractivity contribution in [3.8, 4) is 0 Å². The van der Waals surface area contributed by atoms with Gasteiger partial charge in [0.15, 0.2) is 0 Å². The second kappa shape index (κ2) is 4.63. The highest BCUT2D eigenvalue weighted by atomic mass is 15.2. The van der Waals surface area contributed by atoms with E-state index in [4.69, 9.17) is 0 Å². The lowest BCUT2D eigenvalue weighted by molar-refractivity contribution is 0.176. The fourth-order valence-electron chi connectivity index (χ4n) is 2.30. The summed E-state index contributed by atoms with van der Waals surface area (Å²) in [6.07, 6.45) is 5.78. The molecule has 0 fully saturated rings. The molecule has 15 heavy (non-hydrogen) atoms. The summed E-state index contributed by atoms with van der Waals surface area (Å²) in [5, 5.41) is 0. The van der Waals surface area contributed by atoms with Gasteiger partial charge in [0.1, 0.15) is 0 Å². The summed E-state index contributed by atoms with van der Waals surface area (Å²) < 4.78 is 0. The number of rotatable bonds is 2. The van der Waals surface area contributed by atoms with Crippen molar-refractivity contribution in [3.05, 3.63) is 48.0 Å². The van der Waals surface area contributed by atoms with Crippen LogP contribution in [0.4, 0.5) is 0 Å². The maximum absolute atomic E-state index is 2.55. The average Bonchev–Trinajstić information content (AvgIpc) is 2.30. The molecule has 2 atom stereocenters. The van der Waals surface area contributed by atoms with Crippen LogP contribution in [0.5, 0.6) is 0 Å². The molecule has 1 aromatic carbocycles. The van der Waals surface area contributed by atoms with E-state index in [-0.39, 0.29) is 0 Å². The van der Waals surface area contributed by atoms with E-state index < -0.39 is 0 Å². The van der Waals surface area contributed by atoms with Crippen LogP contribution in [0.2, 0.25) is 0 Å². The summed E-state index contributed by atoms with van der Waals surface area (Å²) in [4.78, 5) is 2.55. The fourth-order valence-corrected chi connectivity index (χ4v) is 2.30. The lowest BCUT2D eigenvalue weighted by Gasteiger charge is -2.35. The maximum atomic E-state index is 2.55. The third kappa shape index (κ3) is 2.29. The Morgan fingerprint density at radius 2 is 2.00 bits per heavy atom. The molecule has 0 amide bonds. The predicted octanol–water partition coefficient (Wildman–Crippen LogP) is 3.40. The van der Waals surface area contributed by atoms with Crippen LogP contribution in [0.3, 0.4) is 0 Å². The van der Waals surface area contributed by atoms with E-state index in [1.54, 1.807) is 0 Å². The summed E-state index contributed by atoms with van der Waals surface area (Å²) in [6, 6.07) is 11.8. The van der Waals surface area contributed by atoms with Crippen LogP contribution in [0.1, 0.15) is 31.9 Å². The highest BCUT2D eigenvalue weighted by molar-refractivity contribution is 5.19. The first kappa shape index (κ1) is 10.4. The van der Waals surface area contributed by atoms with E-state index in [1.165, 1.54) is 18.5 Å². The Labute approximate surface area is 92.4 Å². The van der Waals surface area contributed by atoms with E-state index in [0.717, 1.165) is 0 Å². The summed E-state index contributed by atoms with van der Waals surface area (Å²) in [6.45, 7) is 5.74. The normalized spacial score (nSPS) is 24.0. The molecule has 0 radical (unpaired) electrons. The van der Waals surface area contributed by atoms with Gasteiger partial charge in [0.2, 0.25) is 0 Å². The van der Waals surface area contributed by atoms with Gasteiger partial charge in [-0.05, 0) is 25.8 Å². The lowest BCUT2D eigenvalue weighted by atomic mass is 10.0. The minimum Gasteiger partial charge on any atom is -0.290 e. The minimum atomic E-state index is 0.520. The molecular weight excluding hydrogens is 182 g/mol. The van der Waals surface area contributed by atoms with Crippen molar-refractivity contribution in [1.82, 2.24) is 4.90 Å². The molecule has 1 aliphatic heterocycles. The first-order chi connectivity index (χ1) is 7.29. The smallest absolute Gasteiger partial charge is 0.0325 e. The van der Waals surface area contributed by atoms with Gasteiger partial charge >= 0.3 is 0 Å². The molecule has 0 bridgehead atoms. The monoisotopic (exact) mass is 201 g/mol. The molecule has 2 rings (SSSR count). The second-order valence-electron chi connectivity index (χ2n) is 4.28. The zero-order valence-corrected chi connectivity index (χ0v) is 9.56. The van der Waals surface area contributed by atoms with Gasteiger partial charge in [0.05, 0.1) is 0 Å². The van der Waals surface area contributed by atoms with Crippen LogP contribution < -0.4 is 0 Å². The largest absolute Gasteiger partial charge is 0.290 e. The maximum Gasteiger partial charge on any atom is 0.0325 e. The standard InChI is InChI=1S/C14H19N/c1-12-8-6-7-11-15(12)13(2)14-9-4-3-5-10-14/h3-6,8-10,12-13H,7,11H2,1-2H3/t12-,13+/m0/s1. The Morgan fingerprint density at radius 3 is 2.67 bits per heavy atom. The Balaban J connectivity index is 2.14. The fraction of sp³-hybridized carbons (Fsp3) is 0.429. The molecule has 1 aromatic rings. The van der Waals surface area contributed by atoms with Gasteiger partial charge in [0, 0.05) is 18.6 Å². The predicted molar refractivity (Wildman–Crippen MR) is 64.8 cm³/mol. The van der Waals surface area contributed by atoms with Gasteiger partial charge in [-0.1, -0.05) is 42.5 Å². The van der Waals surface area contributed by atoms with E-state index in [9.17, 15) is 0 Å². The van der Waals surface area contributed by atoms with Crippen molar-refractivity contribution < 1.29 is 0 Å². The Hall–Kier alpha value is -1.08. The highest BCUT2D eigenvalue weighted by Crippen LogP contribution is 2.24. The molecule has 1 heteroatoms. The van der Waals surface area contributed by atoms with Crippen LogP contribution in [-0.2, 0) is 0 Å².